The molecule has 0 aromatic heterocycles. The number of benzene rings is 1. The Morgan fingerprint density at radius 1 is 1.21 bits per heavy atom. The maximum atomic E-state index is 12.4. The van der Waals surface area contributed by atoms with Gasteiger partial charge in [-0.15, -0.1) is 0 Å². The fraction of sp³-hybridized carbons (Fsp3) is 0.526. The minimum atomic E-state index is -0.864. The Morgan fingerprint density at radius 2 is 1.93 bits per heavy atom. The molecule has 3 heterocycles. The Hall–Kier alpha value is -2.81. The molecule has 2 saturated heterocycles. The molecule has 0 bridgehead atoms. The lowest BCUT2D eigenvalue weighted by molar-refractivity contribution is -0.126. The summed E-state index contributed by atoms with van der Waals surface area (Å²) in [4.78, 5) is 38.0. The highest BCUT2D eigenvalue weighted by molar-refractivity contribution is 6.07. The first-order chi connectivity index (χ1) is 13.4. The van der Waals surface area contributed by atoms with Crippen LogP contribution >= 0.6 is 0 Å². The quantitative estimate of drug-likeness (QED) is 0.656. The van der Waals surface area contributed by atoms with Gasteiger partial charge in [-0.2, -0.15) is 0 Å². The number of likely N-dealkylation sites (tertiary alicyclic amines) is 1. The molecule has 2 fully saturated rings. The van der Waals surface area contributed by atoms with E-state index in [-0.39, 0.29) is 24.3 Å². The number of ether oxygens (including phenoxy) is 2. The molecule has 1 aromatic rings. The normalized spacial score (nSPS) is 25.2. The van der Waals surface area contributed by atoms with Gasteiger partial charge in [-0.1, -0.05) is 0 Å². The van der Waals surface area contributed by atoms with Crippen LogP contribution in [0, 0.1) is 5.92 Å². The topological polar surface area (TPSA) is 109 Å². The van der Waals surface area contributed by atoms with E-state index in [2.05, 4.69) is 20.9 Å². The Kier molecular flexibility index (Phi) is 4.84. The standard InChI is InChI=1S/C19H24N4O5/c1-19(17(25)21-18(26)22-19)12-4-6-23(7-5-12)11-16(24)20-13-2-3-14-15(10-13)28-9-8-27-14/h2-3,10,12H,4-9,11H2,1H3,(H,20,24)(H2,21,22,25,26). The first-order valence-electron chi connectivity index (χ1n) is 9.49. The Labute approximate surface area is 162 Å². The summed E-state index contributed by atoms with van der Waals surface area (Å²) in [5, 5.41) is 7.94. The smallest absolute Gasteiger partial charge is 0.322 e. The molecule has 4 amide bonds. The first kappa shape index (κ1) is 18.5. The van der Waals surface area contributed by atoms with Crippen molar-refractivity contribution in [3.63, 3.8) is 0 Å². The molecule has 9 heteroatoms. The van der Waals surface area contributed by atoms with Crippen molar-refractivity contribution in [3.05, 3.63) is 18.2 Å². The molecule has 0 radical (unpaired) electrons. The lowest BCUT2D eigenvalue weighted by atomic mass is 9.79. The fourth-order valence-electron chi connectivity index (χ4n) is 4.04. The van der Waals surface area contributed by atoms with Crippen molar-refractivity contribution in [3.8, 4) is 11.5 Å². The highest BCUT2D eigenvalue weighted by Gasteiger charge is 2.48. The molecule has 1 aromatic carbocycles. The summed E-state index contributed by atoms with van der Waals surface area (Å²) in [6, 6.07) is 4.91. The van der Waals surface area contributed by atoms with Gasteiger partial charge < -0.3 is 20.1 Å². The summed E-state index contributed by atoms with van der Waals surface area (Å²) in [6.45, 7) is 4.45. The van der Waals surface area contributed by atoms with Crippen LogP contribution in [0.25, 0.3) is 0 Å². The Bertz CT molecular complexity index is 806. The Morgan fingerprint density at radius 3 is 2.61 bits per heavy atom. The van der Waals surface area contributed by atoms with Crippen LogP contribution in [0.5, 0.6) is 11.5 Å². The molecule has 1 unspecified atom stereocenters. The number of nitrogens with one attached hydrogen (secondary N) is 3. The van der Waals surface area contributed by atoms with Gasteiger partial charge in [0.05, 0.1) is 6.54 Å². The van der Waals surface area contributed by atoms with Gasteiger partial charge in [0.1, 0.15) is 18.8 Å². The average Bonchev–Trinajstić information content (AvgIpc) is 2.94. The largest absolute Gasteiger partial charge is 0.486 e. The van der Waals surface area contributed by atoms with Crippen LogP contribution in [-0.2, 0) is 9.59 Å². The highest BCUT2D eigenvalue weighted by Crippen LogP contribution is 2.33. The second-order valence-electron chi connectivity index (χ2n) is 7.57. The van der Waals surface area contributed by atoms with Gasteiger partial charge in [0.25, 0.3) is 5.91 Å². The van der Waals surface area contributed by atoms with E-state index in [0.717, 1.165) is 12.8 Å². The second kappa shape index (κ2) is 7.31. The first-order valence-corrected chi connectivity index (χ1v) is 9.49. The van der Waals surface area contributed by atoms with Crippen LogP contribution in [0.15, 0.2) is 18.2 Å². The number of imide groups is 1. The Balaban J connectivity index is 1.28. The van der Waals surface area contributed by atoms with Gasteiger partial charge in [-0.05, 0) is 50.9 Å². The summed E-state index contributed by atoms with van der Waals surface area (Å²) >= 11 is 0. The van der Waals surface area contributed by atoms with E-state index in [1.807, 2.05) is 0 Å². The van der Waals surface area contributed by atoms with Crippen LogP contribution in [-0.4, -0.2) is 61.1 Å². The molecule has 3 N–H and O–H groups in total. The number of carbonyl (C=O) groups excluding carboxylic acids is 3. The van der Waals surface area contributed by atoms with Crippen LogP contribution in [0.2, 0.25) is 0 Å². The predicted molar refractivity (Wildman–Crippen MR) is 100 cm³/mol. The molecule has 3 aliphatic heterocycles. The fourth-order valence-corrected chi connectivity index (χ4v) is 4.04. The number of hydrogen-bond donors (Lipinski definition) is 3. The van der Waals surface area contributed by atoms with Crippen molar-refractivity contribution >= 4 is 23.5 Å². The molecule has 1 atom stereocenters. The van der Waals surface area contributed by atoms with Crippen LogP contribution in [0.3, 0.4) is 0 Å². The third kappa shape index (κ3) is 3.62. The van der Waals surface area contributed by atoms with E-state index in [1.54, 1.807) is 25.1 Å². The summed E-state index contributed by atoms with van der Waals surface area (Å²) in [5.74, 6) is 0.995. The number of rotatable bonds is 4. The molecule has 9 nitrogen and oxygen atoms in total. The number of urea groups is 1. The summed E-state index contributed by atoms with van der Waals surface area (Å²) in [6.07, 6.45) is 1.48. The number of hydrogen-bond acceptors (Lipinski definition) is 6. The molecule has 28 heavy (non-hydrogen) atoms. The van der Waals surface area contributed by atoms with Gasteiger partial charge in [-0.3, -0.25) is 19.8 Å². The molecule has 3 aliphatic rings. The summed E-state index contributed by atoms with van der Waals surface area (Å²) in [7, 11) is 0. The van der Waals surface area contributed by atoms with Crippen molar-refractivity contribution in [1.82, 2.24) is 15.5 Å². The van der Waals surface area contributed by atoms with Crippen molar-refractivity contribution in [1.29, 1.82) is 0 Å². The zero-order valence-corrected chi connectivity index (χ0v) is 15.7. The minimum absolute atomic E-state index is 0.0519. The van der Waals surface area contributed by atoms with Crippen LogP contribution in [0.4, 0.5) is 10.5 Å². The molecular formula is C19H24N4O5. The lowest BCUT2D eigenvalue weighted by Crippen LogP contribution is -2.54. The van der Waals surface area contributed by atoms with Gasteiger partial charge in [0.2, 0.25) is 5.91 Å². The van der Waals surface area contributed by atoms with E-state index >= 15 is 0 Å². The van der Waals surface area contributed by atoms with Gasteiger partial charge in [-0.25, -0.2) is 4.79 Å². The molecule has 150 valence electrons. The van der Waals surface area contributed by atoms with Gasteiger partial charge in [0.15, 0.2) is 11.5 Å². The number of carbonyl (C=O) groups is 3. The zero-order valence-electron chi connectivity index (χ0n) is 15.7. The van der Waals surface area contributed by atoms with Gasteiger partial charge >= 0.3 is 6.03 Å². The van der Waals surface area contributed by atoms with Gasteiger partial charge in [0, 0.05) is 11.8 Å². The molecule has 4 rings (SSSR count). The van der Waals surface area contributed by atoms with Crippen LogP contribution < -0.4 is 25.4 Å². The van der Waals surface area contributed by atoms with Crippen molar-refractivity contribution in [2.24, 2.45) is 5.92 Å². The van der Waals surface area contributed by atoms with Crippen molar-refractivity contribution in [2.45, 2.75) is 25.3 Å². The molecule has 0 spiro atoms. The number of fused-ring (bicyclic) bond motifs is 1. The third-order valence-electron chi connectivity index (χ3n) is 5.67. The molecule has 0 aliphatic carbocycles. The van der Waals surface area contributed by atoms with E-state index < -0.39 is 11.6 Å². The van der Waals surface area contributed by atoms with E-state index in [4.69, 9.17) is 9.47 Å². The van der Waals surface area contributed by atoms with E-state index in [0.29, 0.717) is 43.5 Å². The van der Waals surface area contributed by atoms with Crippen LogP contribution in [0.1, 0.15) is 19.8 Å². The number of nitrogens with zero attached hydrogens (tertiary/aromatic N) is 1. The van der Waals surface area contributed by atoms with E-state index in [9.17, 15) is 14.4 Å². The van der Waals surface area contributed by atoms with E-state index in [1.165, 1.54) is 0 Å². The molecule has 0 saturated carbocycles. The lowest BCUT2D eigenvalue weighted by Gasteiger charge is -2.38. The molecular weight excluding hydrogens is 364 g/mol. The van der Waals surface area contributed by atoms with Crippen molar-refractivity contribution in [2.75, 3.05) is 38.2 Å². The highest BCUT2D eigenvalue weighted by atomic mass is 16.6. The minimum Gasteiger partial charge on any atom is -0.486 e. The summed E-state index contributed by atoms with van der Waals surface area (Å²) < 4.78 is 11.0. The predicted octanol–water partition coefficient (Wildman–Crippen LogP) is 0.706. The maximum absolute atomic E-state index is 12.4. The second-order valence-corrected chi connectivity index (χ2v) is 7.57. The third-order valence-corrected chi connectivity index (χ3v) is 5.67. The monoisotopic (exact) mass is 388 g/mol. The average molecular weight is 388 g/mol. The SMILES string of the molecule is CC1(C2CCN(CC(=O)Nc3ccc4c(c3)OCCO4)CC2)NC(=O)NC1=O. The number of anilines is 1. The zero-order chi connectivity index (χ0) is 19.7. The number of amides is 4. The summed E-state index contributed by atoms with van der Waals surface area (Å²) in [5.41, 5.74) is -0.196. The number of piperidine rings is 1. The van der Waals surface area contributed by atoms with Crippen molar-refractivity contribution < 1.29 is 23.9 Å². The maximum Gasteiger partial charge on any atom is 0.322 e.